The van der Waals surface area contributed by atoms with Crippen molar-refractivity contribution >= 4 is 116 Å². The molecule has 37 nitrogen and oxygen atoms in total. The van der Waals surface area contributed by atoms with Gasteiger partial charge in [0.2, 0.25) is 11.8 Å². The second kappa shape index (κ2) is 50.8. The molecule has 10 heterocycles. The number of thiazole rings is 2. The zero-order chi connectivity index (χ0) is 101. The smallest absolute Gasteiger partial charge is 0.351 e. The summed E-state index contributed by atoms with van der Waals surface area (Å²) in [5, 5.41) is 34.1. The van der Waals surface area contributed by atoms with Gasteiger partial charge in [0.25, 0.3) is 11.3 Å². The second-order valence-electron chi connectivity index (χ2n) is 36.8. The number of aliphatic imine (C=N–C) groups is 2. The van der Waals surface area contributed by atoms with Crippen molar-refractivity contribution in [1.29, 1.82) is 0 Å². The lowest BCUT2D eigenvalue weighted by Gasteiger charge is -2.48. The first-order chi connectivity index (χ1) is 63.2. The van der Waals surface area contributed by atoms with Crippen molar-refractivity contribution < 1.29 is 129 Å². The number of aliphatic hydroxyl groups is 2. The first-order valence-electron chi connectivity index (χ1n) is 45.3. The summed E-state index contributed by atoms with van der Waals surface area (Å²) in [6, 6.07) is 9.89. The highest BCUT2D eigenvalue weighted by molar-refractivity contribution is 7.13. The monoisotopic (exact) mass is 1980 g/mol. The predicted molar refractivity (Wildman–Crippen MR) is 506 cm³/mol. The number of hydrogen-bond donors (Lipinski definition) is 5. The predicted octanol–water partition coefficient (Wildman–Crippen LogP) is 11.1. The van der Waals surface area contributed by atoms with Gasteiger partial charge in [-0.05, 0) is 158 Å². The summed E-state index contributed by atoms with van der Waals surface area (Å²) in [6.45, 7) is 28.6. The SMILES string of the molecule is C.CCC(=O)N=C1[C@H](C)C[C@@]2(C)OCC(=NOCc3csc(-c4cccc(N)n4)n3)CO[C@H]([C@H]1C)[C@](C)(O)[C@@H](CC)OC(=O)[C@@](C)(F)C(=O)[C@H](C)[C@H]2O[C@@H]1O[C@H](C)C[C@H](N(C)C)[C@H]1OC(C)=O.CCC(=O)N=C1[C@H](C)C[C@@]2(C)OCC(=O)CO[C@H]([C@H]1C)[C@](C)(O)[C@@H](CC)OC(=O)[C@@](C)(F)C(=O)[C@H](C)[C@H]2O[C@@H]1O[C@H](C)C[C@H](N(C)C)[C@H]1OC(C)=O.CCl.NOCc1csc(-c2cccc(N)n2)n1. The number of ether oxygens (including phenoxy) is 12. The lowest BCUT2D eigenvalue weighted by Crippen LogP contribution is -2.62. The number of alkyl halides is 3. The van der Waals surface area contributed by atoms with Crippen LogP contribution in [-0.4, -0.2) is 291 Å². The highest BCUT2D eigenvalue weighted by Gasteiger charge is 2.61. The quantitative estimate of drug-likeness (QED) is 0.0191. The molecule has 136 heavy (non-hydrogen) atoms. The number of Topliss-reactive ketones (excluding diaryl/α,β-unsaturated/α-hetero) is 3. The zero-order valence-corrected chi connectivity index (χ0v) is 84.4. The summed E-state index contributed by atoms with van der Waals surface area (Å²) < 4.78 is 109. The highest BCUT2D eigenvalue weighted by atomic mass is 35.5. The number of rotatable bonds is 19. The van der Waals surface area contributed by atoms with E-state index < -0.39 is 221 Å². The maximum Gasteiger partial charge on any atom is 0.351 e. The molecule has 42 heteroatoms. The number of carbonyl (C=O) groups is 9. The Labute approximate surface area is 809 Å². The number of oxime groups is 1. The van der Waals surface area contributed by atoms with Gasteiger partial charge in [0.15, 0.2) is 48.7 Å². The number of cyclic esters (lactones) is 2. The third-order valence-corrected chi connectivity index (χ3v) is 26.9. The van der Waals surface area contributed by atoms with Crippen molar-refractivity contribution in [3.63, 3.8) is 0 Å². The van der Waals surface area contributed by atoms with E-state index in [1.54, 1.807) is 92.0 Å². The number of esters is 4. The van der Waals surface area contributed by atoms with E-state index in [1.807, 2.05) is 76.3 Å². The molecule has 0 spiro atoms. The Morgan fingerprint density at radius 2 is 0.949 bits per heavy atom. The Balaban J connectivity index is 0.000000359. The van der Waals surface area contributed by atoms with E-state index in [0.29, 0.717) is 58.9 Å². The maximum atomic E-state index is 17.1. The second-order valence-corrected chi connectivity index (χ2v) is 38.5. The van der Waals surface area contributed by atoms with Crippen LogP contribution in [0.15, 0.2) is 62.3 Å². The lowest BCUT2D eigenvalue weighted by atomic mass is 9.73. The van der Waals surface area contributed by atoms with Gasteiger partial charge in [-0.3, -0.25) is 38.4 Å². The molecule has 4 bridgehead atoms. The van der Waals surface area contributed by atoms with Crippen LogP contribution < -0.4 is 17.4 Å². The molecule has 6 saturated heterocycles. The van der Waals surface area contributed by atoms with Crippen molar-refractivity contribution in [3.05, 3.63) is 58.5 Å². The van der Waals surface area contributed by atoms with Crippen LogP contribution >= 0.6 is 34.3 Å². The van der Waals surface area contributed by atoms with Crippen LogP contribution in [-0.2, 0) is 123 Å². The van der Waals surface area contributed by atoms with Crippen molar-refractivity contribution in [3.8, 4) is 21.4 Å². The highest BCUT2D eigenvalue weighted by Crippen LogP contribution is 2.46. The van der Waals surface area contributed by atoms with E-state index in [-0.39, 0.29) is 71.5 Å². The number of ketones is 3. The van der Waals surface area contributed by atoms with Gasteiger partial charge >= 0.3 is 23.9 Å². The molecule has 10 rings (SSSR count). The molecule has 0 aliphatic carbocycles. The number of nitrogens with two attached hydrogens (primary N) is 3. The lowest BCUT2D eigenvalue weighted by molar-refractivity contribution is -0.299. The number of nitrogen functional groups attached to an aromatic ring is 2. The normalized spacial score (nSPS) is 34.9. The van der Waals surface area contributed by atoms with Gasteiger partial charge in [-0.15, -0.1) is 34.3 Å². The Morgan fingerprint density at radius 1 is 0.566 bits per heavy atom. The van der Waals surface area contributed by atoms with Gasteiger partial charge in [-0.2, -0.15) is 0 Å². The molecule has 8 N–H and O–H groups in total. The van der Waals surface area contributed by atoms with Crippen LogP contribution in [0, 0.1) is 35.5 Å². The average Bonchev–Trinajstić information content (AvgIpc) is 1.12. The molecule has 2 amide bonds. The number of hydrogen-bond acceptors (Lipinski definition) is 37. The summed E-state index contributed by atoms with van der Waals surface area (Å²) in [5.41, 5.74) is 1.08. The summed E-state index contributed by atoms with van der Waals surface area (Å²) in [5.74, 6) is -8.32. The first-order valence-corrected chi connectivity index (χ1v) is 47.8. The van der Waals surface area contributed by atoms with Crippen molar-refractivity contribution in [2.75, 3.05) is 72.5 Å². The average molecular weight is 1980 g/mol. The molecule has 6 aliphatic rings. The number of halogens is 3. The molecule has 762 valence electrons. The first kappa shape index (κ1) is 117. The van der Waals surface area contributed by atoms with Crippen LogP contribution in [0.5, 0.6) is 0 Å². The Hall–Kier alpha value is -8.21. The van der Waals surface area contributed by atoms with Crippen LogP contribution in [0.3, 0.4) is 0 Å². The van der Waals surface area contributed by atoms with Crippen molar-refractivity contribution in [2.45, 2.75) is 330 Å². The minimum absolute atomic E-state index is 0. The van der Waals surface area contributed by atoms with Gasteiger partial charge in [-0.1, -0.05) is 94.0 Å². The van der Waals surface area contributed by atoms with Gasteiger partial charge in [-0.25, -0.2) is 54.2 Å². The molecular weight excluding hydrogens is 1830 g/mol. The number of likely N-dealkylation sites (N-methyl/N-ethyl adjacent to an activating group) is 2. The number of nitrogens with zero attached hydrogens (tertiary/aromatic N) is 9. The Bertz CT molecular complexity index is 4790. The van der Waals surface area contributed by atoms with Crippen molar-refractivity contribution in [1.82, 2.24) is 29.7 Å². The van der Waals surface area contributed by atoms with Gasteiger partial charge in [0.05, 0.1) is 84.5 Å². The standard InChI is InChI=1S/C46H67FN6O12S.C37H59FN2O12.C9H10N4OS.CH3Cl.CH4/c1-13-33-46(10,58)40-26(5)36(51-35(55)14-2)24(3)19-44(8,60-21-29(20-59-40)52-61-22-30-23-66-41(49-30)31-16-15-17-34(48)50-31)39(27(6)38(56)45(9,47)43(57)64-33)65-42-37(63-28(7)54)32(53(11)12)18-25(4)62-42;1-13-26-37(10,46)32-21(5)28(39-27(43)14-2)19(3)16-35(8,48-18-24(42)17-47-32)31(22(6)30(44)36(9,38)34(45)51-26)52-33-29(50-23(7)41)25(40(11)12)15-20(4)49-33;10-8-3-1-2-7(13-8)9-12-6(4-14-11)5-15-9;1-2;/h15-17,23-27,32-33,37,39-40,42,58H,13-14,18-22H2,1-12H3,(H2,48,50);19-22,25-26,29,31-33,46H,13-18H2,1-12H3;1-3,5H,4,11H2,(H2,10,13);1H3;1H4/t24-,25-,26+,27+,32+,33-,37-,39-,40-,42+,44-,45+,46-;19-,20-,21+,22+,25+,26-,29-,31-,32-,33+,35-,36+,37-;;;/m11.../s1. The third-order valence-electron chi connectivity index (χ3n) is 25.1. The van der Waals surface area contributed by atoms with Crippen LogP contribution in [0.2, 0.25) is 0 Å². The van der Waals surface area contributed by atoms with Crippen LogP contribution in [0.1, 0.15) is 209 Å². The number of anilines is 2. The van der Waals surface area contributed by atoms with Crippen LogP contribution in [0.25, 0.3) is 21.4 Å². The fourth-order valence-electron chi connectivity index (χ4n) is 18.2. The summed E-state index contributed by atoms with van der Waals surface area (Å²) in [4.78, 5) is 162. The molecule has 4 aromatic rings. The number of fused-ring (bicyclic) bond motifs is 10. The number of pyridine rings is 2. The molecule has 0 unspecified atom stereocenters. The van der Waals surface area contributed by atoms with Crippen LogP contribution in [0.4, 0.5) is 20.4 Å². The van der Waals surface area contributed by atoms with Gasteiger partial charge in [0, 0.05) is 78.9 Å². The van der Waals surface area contributed by atoms with Crippen molar-refractivity contribution in [2.24, 2.45) is 56.5 Å². The van der Waals surface area contributed by atoms with E-state index in [9.17, 15) is 53.4 Å². The fraction of sp³-hybridized carbons (Fsp3) is 0.702. The molecule has 0 radical (unpaired) electrons. The fourth-order valence-corrected chi connectivity index (χ4v) is 19.8. The number of aromatic nitrogens is 4. The van der Waals surface area contributed by atoms with E-state index in [2.05, 4.69) is 51.5 Å². The minimum atomic E-state index is -3.26. The molecule has 6 aliphatic heterocycles. The molecule has 26 atom stereocenters. The van der Waals surface area contributed by atoms with E-state index in [1.165, 1.54) is 70.6 Å². The topological polar surface area (TPSA) is 496 Å². The Kier molecular flexibility index (Phi) is 43.5. The molecule has 6 fully saturated rings. The summed E-state index contributed by atoms with van der Waals surface area (Å²) >= 11 is 7.47. The van der Waals surface area contributed by atoms with Gasteiger partial charge in [0.1, 0.15) is 82.0 Å². The maximum absolute atomic E-state index is 17.1. The summed E-state index contributed by atoms with van der Waals surface area (Å²) in [6.07, 6.45) is -11.4. The number of amides is 2. The van der Waals surface area contributed by atoms with E-state index >= 15 is 8.78 Å². The third kappa shape index (κ3) is 29.2. The summed E-state index contributed by atoms with van der Waals surface area (Å²) in [7, 11) is 7.26. The molecular formula is C94H143ClF2N12O25S2. The van der Waals surface area contributed by atoms with E-state index in [4.69, 9.17) is 79.0 Å². The minimum Gasteiger partial charge on any atom is -0.457 e. The molecule has 0 aromatic carbocycles. The Morgan fingerprint density at radius 3 is 1.31 bits per heavy atom. The largest absolute Gasteiger partial charge is 0.457 e. The molecule has 0 saturated carbocycles. The molecule has 4 aromatic heterocycles. The van der Waals surface area contributed by atoms with Gasteiger partial charge < -0.3 is 93.2 Å². The zero-order valence-electron chi connectivity index (χ0n) is 82.1. The van der Waals surface area contributed by atoms with E-state index in [0.717, 1.165) is 30.2 Å². The number of carbonyl (C=O) groups excluding carboxylic acids is 9.